The van der Waals surface area contributed by atoms with Crippen LogP contribution >= 0.6 is 12.6 Å². The van der Waals surface area contributed by atoms with Gasteiger partial charge in [0, 0.05) is 18.8 Å². The number of aromatic amines is 1. The van der Waals surface area contributed by atoms with Gasteiger partial charge < -0.3 is 4.57 Å². The minimum Gasteiger partial charge on any atom is -0.301 e. The van der Waals surface area contributed by atoms with Crippen LogP contribution in [0.5, 0.6) is 0 Å². The highest BCUT2D eigenvalue weighted by Gasteiger charge is 1.93. The fourth-order valence-electron chi connectivity index (χ4n) is 0.861. The van der Waals surface area contributed by atoms with E-state index in [9.17, 15) is 9.59 Å². The monoisotopic (exact) mass is 186 g/mol. The van der Waals surface area contributed by atoms with Gasteiger partial charge in [-0.1, -0.05) is 0 Å². The summed E-state index contributed by atoms with van der Waals surface area (Å²) < 4.78 is 1.46. The highest BCUT2D eigenvalue weighted by molar-refractivity contribution is 7.80. The van der Waals surface area contributed by atoms with Crippen molar-refractivity contribution in [3.63, 3.8) is 0 Å². The summed E-state index contributed by atoms with van der Waals surface area (Å²) >= 11 is 4.02. The molecule has 66 valence electrons. The van der Waals surface area contributed by atoms with Crippen molar-refractivity contribution in [1.29, 1.82) is 0 Å². The zero-order valence-corrected chi connectivity index (χ0v) is 7.38. The molecule has 0 aliphatic carbocycles. The van der Waals surface area contributed by atoms with E-state index in [1.807, 2.05) is 0 Å². The fourth-order valence-corrected chi connectivity index (χ4v) is 1.00. The molecule has 1 aromatic rings. The molecular formula is C7H10N2O2S. The van der Waals surface area contributed by atoms with Crippen LogP contribution in [-0.4, -0.2) is 15.3 Å². The maximum absolute atomic E-state index is 11.0. The summed E-state index contributed by atoms with van der Waals surface area (Å²) in [5.41, 5.74) is -0.716. The van der Waals surface area contributed by atoms with E-state index in [4.69, 9.17) is 0 Å². The van der Waals surface area contributed by atoms with Crippen molar-refractivity contribution in [3.05, 3.63) is 33.1 Å². The first-order valence-corrected chi connectivity index (χ1v) is 4.28. The third-order valence-electron chi connectivity index (χ3n) is 1.45. The Labute approximate surface area is 74.7 Å². The van der Waals surface area contributed by atoms with Crippen LogP contribution in [0.15, 0.2) is 21.9 Å². The second-order valence-electron chi connectivity index (χ2n) is 2.38. The van der Waals surface area contributed by atoms with Gasteiger partial charge >= 0.3 is 5.69 Å². The van der Waals surface area contributed by atoms with Crippen LogP contribution in [-0.2, 0) is 6.54 Å². The molecule has 1 N–H and O–H groups in total. The Hall–Kier alpha value is -0.970. The topological polar surface area (TPSA) is 54.9 Å². The smallest absolute Gasteiger partial charge is 0.301 e. The van der Waals surface area contributed by atoms with E-state index in [2.05, 4.69) is 17.6 Å². The first-order valence-electron chi connectivity index (χ1n) is 3.64. The van der Waals surface area contributed by atoms with E-state index in [0.29, 0.717) is 6.54 Å². The molecule has 0 fully saturated rings. The predicted octanol–water partition coefficient (Wildman–Crippen LogP) is -0.144. The molecule has 1 rings (SSSR count). The summed E-state index contributed by atoms with van der Waals surface area (Å²) in [5, 5.41) is 0. The van der Waals surface area contributed by atoms with E-state index in [0.717, 1.165) is 12.2 Å². The Kier molecular flexibility index (Phi) is 3.16. The van der Waals surface area contributed by atoms with Crippen LogP contribution in [0.25, 0.3) is 0 Å². The van der Waals surface area contributed by atoms with Crippen LogP contribution in [0.1, 0.15) is 6.42 Å². The van der Waals surface area contributed by atoms with Crippen molar-refractivity contribution in [3.8, 4) is 0 Å². The molecule has 0 bridgehead atoms. The molecule has 0 spiro atoms. The highest BCUT2D eigenvalue weighted by Crippen LogP contribution is 1.86. The molecule has 0 unspecified atom stereocenters. The largest absolute Gasteiger partial charge is 0.328 e. The van der Waals surface area contributed by atoms with Crippen molar-refractivity contribution in [2.24, 2.45) is 0 Å². The van der Waals surface area contributed by atoms with Gasteiger partial charge in [0.25, 0.3) is 5.56 Å². The van der Waals surface area contributed by atoms with Crippen molar-refractivity contribution in [2.45, 2.75) is 13.0 Å². The van der Waals surface area contributed by atoms with Gasteiger partial charge in [-0.25, -0.2) is 4.79 Å². The van der Waals surface area contributed by atoms with E-state index in [1.165, 1.54) is 16.8 Å². The summed E-state index contributed by atoms with van der Waals surface area (Å²) in [6.45, 7) is 0.596. The second-order valence-corrected chi connectivity index (χ2v) is 2.83. The Morgan fingerprint density at radius 3 is 2.83 bits per heavy atom. The fraction of sp³-hybridized carbons (Fsp3) is 0.429. The van der Waals surface area contributed by atoms with Gasteiger partial charge in [-0.05, 0) is 12.2 Å². The molecule has 0 atom stereocenters. The third kappa shape index (κ3) is 2.27. The van der Waals surface area contributed by atoms with Crippen LogP contribution < -0.4 is 11.2 Å². The maximum Gasteiger partial charge on any atom is 0.328 e. The van der Waals surface area contributed by atoms with Crippen molar-refractivity contribution in [2.75, 3.05) is 5.75 Å². The van der Waals surface area contributed by atoms with Crippen LogP contribution in [0.2, 0.25) is 0 Å². The van der Waals surface area contributed by atoms with Gasteiger partial charge in [0.15, 0.2) is 0 Å². The quantitative estimate of drug-likeness (QED) is 0.645. The lowest BCUT2D eigenvalue weighted by Gasteiger charge is -2.00. The molecule has 0 amide bonds. The Bertz CT molecular complexity index is 355. The highest BCUT2D eigenvalue weighted by atomic mass is 32.1. The van der Waals surface area contributed by atoms with E-state index in [1.54, 1.807) is 0 Å². The van der Waals surface area contributed by atoms with Crippen LogP contribution in [0, 0.1) is 0 Å². The average Bonchev–Trinajstić information content (AvgIpc) is 2.03. The van der Waals surface area contributed by atoms with Gasteiger partial charge in [-0.2, -0.15) is 12.6 Å². The number of aryl methyl sites for hydroxylation is 1. The number of nitrogens with zero attached hydrogens (tertiary/aromatic N) is 1. The average molecular weight is 186 g/mol. The van der Waals surface area contributed by atoms with Gasteiger partial charge in [0.05, 0.1) is 0 Å². The number of hydrogen-bond donors (Lipinski definition) is 2. The minimum atomic E-state index is -0.359. The van der Waals surface area contributed by atoms with Gasteiger partial charge in [0.2, 0.25) is 0 Å². The molecule has 1 aromatic heterocycles. The summed E-state index contributed by atoms with van der Waals surface area (Å²) in [7, 11) is 0. The zero-order valence-electron chi connectivity index (χ0n) is 6.49. The maximum atomic E-state index is 11.0. The molecule has 0 aliphatic heterocycles. The van der Waals surface area contributed by atoms with Gasteiger partial charge in [0.1, 0.15) is 0 Å². The third-order valence-corrected chi connectivity index (χ3v) is 1.77. The lowest BCUT2D eigenvalue weighted by molar-refractivity contribution is 0.636. The number of rotatable bonds is 3. The van der Waals surface area contributed by atoms with E-state index in [-0.39, 0.29) is 11.2 Å². The molecule has 5 heteroatoms. The number of hydrogen-bond acceptors (Lipinski definition) is 3. The van der Waals surface area contributed by atoms with Gasteiger partial charge in [-0.3, -0.25) is 9.78 Å². The molecule has 0 saturated carbocycles. The number of H-pyrrole nitrogens is 1. The van der Waals surface area contributed by atoms with Crippen molar-refractivity contribution >= 4 is 12.6 Å². The van der Waals surface area contributed by atoms with Crippen LogP contribution in [0.3, 0.4) is 0 Å². The summed E-state index contributed by atoms with van der Waals surface area (Å²) in [4.78, 5) is 23.8. The Balaban J connectivity index is 2.87. The molecule has 0 radical (unpaired) electrons. The second kappa shape index (κ2) is 4.15. The molecule has 12 heavy (non-hydrogen) atoms. The number of nitrogens with one attached hydrogen (secondary N) is 1. The standard InChI is InChI=1S/C7H10N2O2S/c10-6-2-4-9(3-1-5-12)7(11)8-6/h2,4,12H,1,3,5H2,(H,8,10,11). The molecule has 0 saturated heterocycles. The first-order chi connectivity index (χ1) is 5.74. The molecule has 0 aliphatic rings. The molecule has 1 heterocycles. The summed E-state index contributed by atoms with van der Waals surface area (Å²) in [5.74, 6) is 0.728. The van der Waals surface area contributed by atoms with E-state index >= 15 is 0 Å². The van der Waals surface area contributed by atoms with Gasteiger partial charge in [-0.15, -0.1) is 0 Å². The number of thiol groups is 1. The molecule has 4 nitrogen and oxygen atoms in total. The van der Waals surface area contributed by atoms with E-state index < -0.39 is 0 Å². The minimum absolute atomic E-state index is 0.357. The van der Waals surface area contributed by atoms with Crippen molar-refractivity contribution in [1.82, 2.24) is 9.55 Å². The van der Waals surface area contributed by atoms with Crippen molar-refractivity contribution < 1.29 is 0 Å². The zero-order chi connectivity index (χ0) is 8.97. The lowest BCUT2D eigenvalue weighted by Crippen LogP contribution is -2.28. The molecular weight excluding hydrogens is 176 g/mol. The number of aromatic nitrogens is 2. The predicted molar refractivity (Wildman–Crippen MR) is 49.8 cm³/mol. The summed E-state index contributed by atoms with van der Waals surface area (Å²) in [6, 6.07) is 1.33. The molecule has 0 aromatic carbocycles. The Morgan fingerprint density at radius 1 is 1.50 bits per heavy atom. The SMILES string of the molecule is O=c1ccn(CCCS)c(=O)[nH]1. The lowest BCUT2D eigenvalue weighted by atomic mass is 10.4. The summed E-state index contributed by atoms with van der Waals surface area (Å²) in [6.07, 6.45) is 2.31. The normalized spacial score (nSPS) is 10.1. The van der Waals surface area contributed by atoms with Crippen LogP contribution in [0.4, 0.5) is 0 Å². The first kappa shape index (κ1) is 9.12. The Morgan fingerprint density at radius 2 is 2.25 bits per heavy atom.